The Labute approximate surface area is 113 Å². The Hall–Kier alpha value is -1.58. The van der Waals surface area contributed by atoms with Gasteiger partial charge >= 0.3 is 5.97 Å². The lowest BCUT2D eigenvalue weighted by Crippen LogP contribution is -2.44. The number of esters is 1. The van der Waals surface area contributed by atoms with Gasteiger partial charge in [-0.05, 0) is 49.9 Å². The number of hydrogen-bond donors (Lipinski definition) is 1. The highest BCUT2D eigenvalue weighted by atomic mass is 19.1. The normalized spacial score (nSPS) is 17.7. The highest BCUT2D eigenvalue weighted by Crippen LogP contribution is 2.38. The summed E-state index contributed by atoms with van der Waals surface area (Å²) >= 11 is 0. The quantitative estimate of drug-likeness (QED) is 0.830. The van der Waals surface area contributed by atoms with Gasteiger partial charge in [0, 0.05) is 5.69 Å². The zero-order valence-corrected chi connectivity index (χ0v) is 11.6. The average Bonchev–Trinajstić information content (AvgIpc) is 3.09. The Balaban J connectivity index is 2.20. The molecule has 1 aromatic carbocycles. The second-order valence-electron chi connectivity index (χ2n) is 5.61. The van der Waals surface area contributed by atoms with Crippen LogP contribution in [-0.4, -0.2) is 18.6 Å². The fourth-order valence-corrected chi connectivity index (χ4v) is 2.44. The molecule has 1 saturated carbocycles. The van der Waals surface area contributed by atoms with Gasteiger partial charge in [-0.15, -0.1) is 0 Å². The van der Waals surface area contributed by atoms with Crippen molar-refractivity contribution in [3.8, 4) is 0 Å². The molecule has 0 heterocycles. The molecular formula is C15H20FNO2. The Kier molecular flexibility index (Phi) is 3.78. The molecule has 1 aromatic rings. The summed E-state index contributed by atoms with van der Waals surface area (Å²) in [6.45, 7) is 3.64. The van der Waals surface area contributed by atoms with Crippen LogP contribution in [0.4, 0.5) is 10.1 Å². The van der Waals surface area contributed by atoms with Crippen LogP contribution in [0.5, 0.6) is 0 Å². The van der Waals surface area contributed by atoms with E-state index in [-0.39, 0.29) is 11.8 Å². The topological polar surface area (TPSA) is 38.3 Å². The number of benzene rings is 1. The molecule has 3 nitrogen and oxygen atoms in total. The van der Waals surface area contributed by atoms with Crippen LogP contribution in [0.3, 0.4) is 0 Å². The Morgan fingerprint density at radius 1 is 1.47 bits per heavy atom. The maximum absolute atomic E-state index is 13.4. The van der Waals surface area contributed by atoms with Gasteiger partial charge in [0.1, 0.15) is 11.4 Å². The van der Waals surface area contributed by atoms with Crippen molar-refractivity contribution in [3.05, 3.63) is 29.6 Å². The number of ether oxygens (including phenoxy) is 1. The third kappa shape index (κ3) is 3.46. The monoisotopic (exact) mass is 265 g/mol. The maximum atomic E-state index is 13.4. The highest BCUT2D eigenvalue weighted by Gasteiger charge is 2.40. The summed E-state index contributed by atoms with van der Waals surface area (Å²) in [6.07, 6.45) is 3.02. The maximum Gasteiger partial charge on any atom is 0.331 e. The van der Waals surface area contributed by atoms with E-state index in [1.54, 1.807) is 0 Å². The van der Waals surface area contributed by atoms with Crippen molar-refractivity contribution in [1.82, 2.24) is 0 Å². The van der Waals surface area contributed by atoms with E-state index < -0.39 is 5.54 Å². The van der Waals surface area contributed by atoms with Crippen molar-refractivity contribution >= 4 is 11.7 Å². The smallest absolute Gasteiger partial charge is 0.331 e. The van der Waals surface area contributed by atoms with Crippen LogP contribution in [0, 0.1) is 18.7 Å². The zero-order chi connectivity index (χ0) is 14.0. The molecule has 1 aliphatic rings. The summed E-state index contributed by atoms with van der Waals surface area (Å²) in [5, 5.41) is 3.14. The third-order valence-corrected chi connectivity index (χ3v) is 3.49. The molecule has 0 radical (unpaired) electrons. The van der Waals surface area contributed by atoms with Crippen molar-refractivity contribution in [2.45, 2.75) is 38.6 Å². The lowest BCUT2D eigenvalue weighted by molar-refractivity contribution is -0.145. The lowest BCUT2D eigenvalue weighted by atomic mass is 9.94. The number of rotatable bonds is 5. The second kappa shape index (κ2) is 5.19. The van der Waals surface area contributed by atoms with E-state index in [2.05, 4.69) is 5.32 Å². The second-order valence-corrected chi connectivity index (χ2v) is 5.61. The van der Waals surface area contributed by atoms with Crippen molar-refractivity contribution in [2.24, 2.45) is 5.92 Å². The molecule has 1 unspecified atom stereocenters. The van der Waals surface area contributed by atoms with E-state index in [1.807, 2.05) is 19.9 Å². The summed E-state index contributed by atoms with van der Waals surface area (Å²) in [7, 11) is 1.38. The molecule has 0 bridgehead atoms. The van der Waals surface area contributed by atoms with Gasteiger partial charge in [-0.25, -0.2) is 9.18 Å². The van der Waals surface area contributed by atoms with E-state index in [0.717, 1.165) is 24.8 Å². The SMILES string of the molecule is COC(=O)C(C)(CC1CC1)Nc1cc(C)cc(F)c1. The van der Waals surface area contributed by atoms with Gasteiger partial charge in [0.2, 0.25) is 0 Å². The summed E-state index contributed by atoms with van der Waals surface area (Å²) in [5.74, 6) is -0.0475. The molecule has 1 fully saturated rings. The zero-order valence-electron chi connectivity index (χ0n) is 11.6. The van der Waals surface area contributed by atoms with Gasteiger partial charge in [0.05, 0.1) is 7.11 Å². The van der Waals surface area contributed by atoms with Crippen LogP contribution in [0.25, 0.3) is 0 Å². The van der Waals surface area contributed by atoms with Crippen LogP contribution in [0.15, 0.2) is 18.2 Å². The van der Waals surface area contributed by atoms with Gasteiger partial charge in [-0.3, -0.25) is 0 Å². The number of hydrogen-bond acceptors (Lipinski definition) is 3. The number of anilines is 1. The van der Waals surface area contributed by atoms with Crippen LogP contribution in [0.1, 0.15) is 31.7 Å². The molecule has 0 amide bonds. The average molecular weight is 265 g/mol. The molecule has 1 N–H and O–H groups in total. The summed E-state index contributed by atoms with van der Waals surface area (Å²) in [5.41, 5.74) is 0.642. The molecule has 0 aromatic heterocycles. The van der Waals surface area contributed by atoms with E-state index in [4.69, 9.17) is 4.74 Å². The molecule has 4 heteroatoms. The molecule has 1 atom stereocenters. The van der Waals surface area contributed by atoms with Crippen LogP contribution in [-0.2, 0) is 9.53 Å². The molecule has 0 saturated heterocycles. The summed E-state index contributed by atoms with van der Waals surface area (Å²) in [6, 6.07) is 4.69. The van der Waals surface area contributed by atoms with Crippen LogP contribution < -0.4 is 5.32 Å². The fraction of sp³-hybridized carbons (Fsp3) is 0.533. The fourth-order valence-electron chi connectivity index (χ4n) is 2.44. The van der Waals surface area contributed by atoms with E-state index in [9.17, 15) is 9.18 Å². The Morgan fingerprint density at radius 2 is 2.16 bits per heavy atom. The lowest BCUT2D eigenvalue weighted by Gasteiger charge is -2.29. The first-order chi connectivity index (χ1) is 8.93. The van der Waals surface area contributed by atoms with Gasteiger partial charge in [-0.1, -0.05) is 12.8 Å². The first-order valence-electron chi connectivity index (χ1n) is 6.57. The largest absolute Gasteiger partial charge is 0.467 e. The van der Waals surface area contributed by atoms with Gasteiger partial charge in [-0.2, -0.15) is 0 Å². The van der Waals surface area contributed by atoms with Crippen molar-refractivity contribution in [2.75, 3.05) is 12.4 Å². The van der Waals surface area contributed by atoms with Gasteiger partial charge < -0.3 is 10.1 Å². The highest BCUT2D eigenvalue weighted by molar-refractivity contribution is 5.84. The van der Waals surface area contributed by atoms with Gasteiger partial charge in [0.15, 0.2) is 0 Å². The van der Waals surface area contributed by atoms with E-state index >= 15 is 0 Å². The third-order valence-electron chi connectivity index (χ3n) is 3.49. The predicted octanol–water partition coefficient (Wildman–Crippen LogP) is 3.28. The van der Waals surface area contributed by atoms with Crippen molar-refractivity contribution in [3.63, 3.8) is 0 Å². The minimum atomic E-state index is -0.795. The molecule has 104 valence electrons. The summed E-state index contributed by atoms with van der Waals surface area (Å²) in [4.78, 5) is 12.0. The number of methoxy groups -OCH3 is 1. The number of halogens is 1. The minimum Gasteiger partial charge on any atom is -0.467 e. The number of carbonyl (C=O) groups excluding carboxylic acids is 1. The van der Waals surface area contributed by atoms with Crippen molar-refractivity contribution < 1.29 is 13.9 Å². The van der Waals surface area contributed by atoms with Gasteiger partial charge in [0.25, 0.3) is 0 Å². The van der Waals surface area contributed by atoms with E-state index in [1.165, 1.54) is 19.2 Å². The molecule has 0 spiro atoms. The summed E-state index contributed by atoms with van der Waals surface area (Å²) < 4.78 is 18.3. The minimum absolute atomic E-state index is 0.304. The molecule has 2 rings (SSSR count). The first-order valence-corrected chi connectivity index (χ1v) is 6.57. The van der Waals surface area contributed by atoms with Crippen molar-refractivity contribution in [1.29, 1.82) is 0 Å². The number of aryl methyl sites for hydroxylation is 1. The molecular weight excluding hydrogens is 245 g/mol. The first kappa shape index (κ1) is 13.8. The number of nitrogens with one attached hydrogen (secondary N) is 1. The molecule has 0 aliphatic heterocycles. The number of carbonyl (C=O) groups is 1. The Morgan fingerprint density at radius 3 is 2.68 bits per heavy atom. The molecule has 1 aliphatic carbocycles. The Bertz CT molecular complexity index is 465. The van der Waals surface area contributed by atoms with Crippen LogP contribution >= 0.6 is 0 Å². The standard InChI is InChI=1S/C15H20FNO2/c1-10-6-12(16)8-13(7-10)17-15(2,14(18)19-3)9-11-4-5-11/h6-8,11,17H,4-5,9H2,1-3H3. The van der Waals surface area contributed by atoms with E-state index in [0.29, 0.717) is 11.6 Å². The predicted molar refractivity (Wildman–Crippen MR) is 72.5 cm³/mol. The van der Waals surface area contributed by atoms with Crippen LogP contribution in [0.2, 0.25) is 0 Å². The molecule has 19 heavy (non-hydrogen) atoms.